The maximum atomic E-state index is 12.5. The van der Waals surface area contributed by atoms with Crippen molar-refractivity contribution in [3.05, 3.63) is 38.8 Å². The summed E-state index contributed by atoms with van der Waals surface area (Å²) in [6, 6.07) is 4.59. The zero-order chi connectivity index (χ0) is 14.9. The quantitative estimate of drug-likeness (QED) is 0.833. The van der Waals surface area contributed by atoms with Crippen LogP contribution in [0.2, 0.25) is 0 Å². The summed E-state index contributed by atoms with van der Waals surface area (Å²) < 4.78 is 26.8. The minimum absolute atomic E-state index is 0.211. The van der Waals surface area contributed by atoms with Crippen molar-refractivity contribution in [3.8, 4) is 0 Å². The molecule has 2 aromatic rings. The highest BCUT2D eigenvalue weighted by atomic mass is 79.9. The molecule has 5 nitrogen and oxygen atoms in total. The summed E-state index contributed by atoms with van der Waals surface area (Å²) in [5, 5.41) is 0. The number of hydrogen-bond donors (Lipinski definition) is 1. The topological polar surface area (TPSA) is 76.3 Å². The maximum absolute atomic E-state index is 12.5. The van der Waals surface area contributed by atoms with Crippen molar-refractivity contribution in [1.82, 2.24) is 9.29 Å². The molecule has 2 N–H and O–H groups in total. The fourth-order valence-electron chi connectivity index (χ4n) is 1.61. The molecule has 0 bridgehead atoms. The van der Waals surface area contributed by atoms with Gasteiger partial charge >= 0.3 is 0 Å². The van der Waals surface area contributed by atoms with Crippen LogP contribution in [0.15, 0.2) is 33.1 Å². The Bertz CT molecular complexity index is 728. The molecule has 0 saturated carbocycles. The van der Waals surface area contributed by atoms with Crippen molar-refractivity contribution < 1.29 is 8.42 Å². The Morgan fingerprint density at radius 1 is 1.45 bits per heavy atom. The van der Waals surface area contributed by atoms with Crippen LogP contribution < -0.4 is 5.73 Å². The number of nitrogens with two attached hydrogens (primary N) is 1. The first-order valence-corrected chi connectivity index (χ1v) is 8.84. The van der Waals surface area contributed by atoms with Crippen molar-refractivity contribution in [2.45, 2.75) is 18.4 Å². The second kappa shape index (κ2) is 5.80. The highest BCUT2D eigenvalue weighted by molar-refractivity contribution is 9.10. The van der Waals surface area contributed by atoms with Gasteiger partial charge in [0.15, 0.2) is 0 Å². The molecule has 8 heteroatoms. The summed E-state index contributed by atoms with van der Waals surface area (Å²) in [4.78, 5) is 5.27. The molecular weight excluding hydrogens is 362 g/mol. The van der Waals surface area contributed by atoms with Gasteiger partial charge in [0.1, 0.15) is 0 Å². The Kier molecular flexibility index (Phi) is 4.48. The molecule has 0 unspecified atom stereocenters. The van der Waals surface area contributed by atoms with E-state index in [1.54, 1.807) is 18.6 Å². The summed E-state index contributed by atoms with van der Waals surface area (Å²) in [6.07, 6.45) is 0. The number of anilines is 1. The molecule has 0 aliphatic heterocycles. The Labute approximate surface area is 130 Å². The van der Waals surface area contributed by atoms with Crippen LogP contribution in [0.1, 0.15) is 10.6 Å². The van der Waals surface area contributed by atoms with Gasteiger partial charge in [0.25, 0.3) is 0 Å². The number of sulfonamides is 1. The number of thiazole rings is 1. The van der Waals surface area contributed by atoms with Gasteiger partial charge in [0, 0.05) is 28.6 Å². The molecule has 0 aliphatic carbocycles. The van der Waals surface area contributed by atoms with Gasteiger partial charge in [-0.05, 0) is 41.1 Å². The molecular formula is C12H14BrN3O2S2. The van der Waals surface area contributed by atoms with E-state index >= 15 is 0 Å². The van der Waals surface area contributed by atoms with Crippen molar-refractivity contribution >= 4 is 43.0 Å². The number of nitrogens with zero attached hydrogens (tertiary/aromatic N) is 2. The standard InChI is InChI=1S/C12H14BrN3O2S2/c1-8-12(19-7-15-8)6-16(2)20(17,18)9-3-4-11(14)10(13)5-9/h3-5,7H,6,14H2,1-2H3. The summed E-state index contributed by atoms with van der Waals surface area (Å²) in [6.45, 7) is 2.17. The summed E-state index contributed by atoms with van der Waals surface area (Å²) in [5.41, 5.74) is 8.75. The highest BCUT2D eigenvalue weighted by Crippen LogP contribution is 2.26. The van der Waals surface area contributed by atoms with Gasteiger partial charge in [0.05, 0.1) is 16.1 Å². The van der Waals surface area contributed by atoms with Gasteiger partial charge in [-0.25, -0.2) is 13.4 Å². The lowest BCUT2D eigenvalue weighted by Gasteiger charge is -2.17. The third-order valence-electron chi connectivity index (χ3n) is 2.89. The van der Waals surface area contributed by atoms with Crippen LogP contribution in [0.4, 0.5) is 5.69 Å². The van der Waals surface area contributed by atoms with Gasteiger partial charge in [-0.1, -0.05) is 0 Å². The Hall–Kier alpha value is -0.960. The average Bonchev–Trinajstić information content (AvgIpc) is 2.78. The molecule has 0 spiro atoms. The first-order valence-electron chi connectivity index (χ1n) is 5.72. The van der Waals surface area contributed by atoms with E-state index in [0.29, 0.717) is 16.7 Å². The molecule has 1 aromatic heterocycles. The fraction of sp³-hybridized carbons (Fsp3) is 0.250. The zero-order valence-electron chi connectivity index (χ0n) is 11.0. The maximum Gasteiger partial charge on any atom is 0.243 e. The van der Waals surface area contributed by atoms with Gasteiger partial charge in [-0.15, -0.1) is 11.3 Å². The van der Waals surface area contributed by atoms with E-state index in [1.807, 2.05) is 6.92 Å². The van der Waals surface area contributed by atoms with Crippen LogP contribution >= 0.6 is 27.3 Å². The molecule has 0 saturated heterocycles. The second-order valence-electron chi connectivity index (χ2n) is 4.31. The van der Waals surface area contributed by atoms with E-state index in [-0.39, 0.29) is 4.90 Å². The molecule has 20 heavy (non-hydrogen) atoms. The van der Waals surface area contributed by atoms with Gasteiger partial charge in [-0.3, -0.25) is 0 Å². The van der Waals surface area contributed by atoms with E-state index in [0.717, 1.165) is 10.6 Å². The summed E-state index contributed by atoms with van der Waals surface area (Å²) in [7, 11) is -1.99. The fourth-order valence-corrected chi connectivity index (χ4v) is 4.22. The van der Waals surface area contributed by atoms with E-state index < -0.39 is 10.0 Å². The lowest BCUT2D eigenvalue weighted by Crippen LogP contribution is -2.26. The van der Waals surface area contributed by atoms with E-state index in [4.69, 9.17) is 5.73 Å². The predicted octanol–water partition coefficient (Wildman–Crippen LogP) is 2.62. The Balaban J connectivity index is 2.29. The van der Waals surface area contributed by atoms with Crippen LogP contribution in [0, 0.1) is 6.92 Å². The molecule has 0 amide bonds. The second-order valence-corrected chi connectivity index (χ2v) is 8.14. The monoisotopic (exact) mass is 375 g/mol. The van der Waals surface area contributed by atoms with Crippen LogP contribution in [0.3, 0.4) is 0 Å². The molecule has 0 radical (unpaired) electrons. The van der Waals surface area contributed by atoms with Gasteiger partial charge in [0.2, 0.25) is 10.0 Å². The number of aromatic nitrogens is 1. The third-order valence-corrected chi connectivity index (χ3v) is 6.30. The SMILES string of the molecule is Cc1ncsc1CN(C)S(=O)(=O)c1ccc(N)c(Br)c1. The lowest BCUT2D eigenvalue weighted by molar-refractivity contribution is 0.468. The van der Waals surface area contributed by atoms with Crippen molar-refractivity contribution in [3.63, 3.8) is 0 Å². The van der Waals surface area contributed by atoms with Crippen LogP contribution in [-0.2, 0) is 16.6 Å². The first kappa shape index (κ1) is 15.4. The molecule has 1 heterocycles. The average molecular weight is 376 g/mol. The number of hydrogen-bond acceptors (Lipinski definition) is 5. The minimum Gasteiger partial charge on any atom is -0.398 e. The van der Waals surface area contributed by atoms with Crippen molar-refractivity contribution in [2.24, 2.45) is 0 Å². The molecule has 2 rings (SSSR count). The van der Waals surface area contributed by atoms with E-state index in [9.17, 15) is 8.42 Å². The van der Waals surface area contributed by atoms with Crippen molar-refractivity contribution in [2.75, 3.05) is 12.8 Å². The predicted molar refractivity (Wildman–Crippen MR) is 84.1 cm³/mol. The number of halogens is 1. The number of benzene rings is 1. The van der Waals surface area contributed by atoms with E-state index in [2.05, 4.69) is 20.9 Å². The van der Waals surface area contributed by atoms with Gasteiger partial charge < -0.3 is 5.73 Å². The van der Waals surface area contributed by atoms with Crippen LogP contribution in [-0.4, -0.2) is 24.8 Å². The largest absolute Gasteiger partial charge is 0.398 e. The lowest BCUT2D eigenvalue weighted by atomic mass is 10.3. The molecule has 0 fully saturated rings. The third kappa shape index (κ3) is 3.03. The summed E-state index contributed by atoms with van der Waals surface area (Å²) in [5.74, 6) is 0. The molecule has 108 valence electrons. The number of aryl methyl sites for hydroxylation is 1. The normalized spacial score (nSPS) is 12.0. The number of nitrogen functional groups attached to an aromatic ring is 1. The van der Waals surface area contributed by atoms with Crippen LogP contribution in [0.25, 0.3) is 0 Å². The van der Waals surface area contributed by atoms with E-state index in [1.165, 1.54) is 27.8 Å². The molecule has 1 aromatic carbocycles. The zero-order valence-corrected chi connectivity index (χ0v) is 14.2. The van der Waals surface area contributed by atoms with Crippen molar-refractivity contribution in [1.29, 1.82) is 0 Å². The Morgan fingerprint density at radius 3 is 2.70 bits per heavy atom. The molecule has 0 aliphatic rings. The summed E-state index contributed by atoms with van der Waals surface area (Å²) >= 11 is 4.69. The Morgan fingerprint density at radius 2 is 2.15 bits per heavy atom. The first-order chi connectivity index (χ1) is 9.32. The minimum atomic E-state index is -3.54. The molecule has 0 atom stereocenters. The van der Waals surface area contributed by atoms with Gasteiger partial charge in [-0.2, -0.15) is 4.31 Å². The number of rotatable bonds is 4. The highest BCUT2D eigenvalue weighted by Gasteiger charge is 2.22. The smallest absolute Gasteiger partial charge is 0.243 e. The van der Waals surface area contributed by atoms with Crippen LogP contribution in [0.5, 0.6) is 0 Å².